The molecular formula is C21H36O12S3. The van der Waals surface area contributed by atoms with E-state index in [-0.39, 0.29) is 36.0 Å². The van der Waals surface area contributed by atoms with Crippen LogP contribution in [0.4, 0.5) is 0 Å². The van der Waals surface area contributed by atoms with Gasteiger partial charge in [0.2, 0.25) is 0 Å². The summed E-state index contributed by atoms with van der Waals surface area (Å²) in [7, 11) is -14.9. The molecule has 4 fully saturated rings. The van der Waals surface area contributed by atoms with Gasteiger partial charge in [-0.25, -0.2) is 12.5 Å². The Morgan fingerprint density at radius 1 is 0.694 bits per heavy atom. The van der Waals surface area contributed by atoms with Crippen molar-refractivity contribution in [3.63, 3.8) is 0 Å². The van der Waals surface area contributed by atoms with Crippen LogP contribution in [0.15, 0.2) is 0 Å². The lowest BCUT2D eigenvalue weighted by Crippen LogP contribution is -2.62. The molecule has 0 bridgehead atoms. The lowest BCUT2D eigenvalue weighted by atomic mass is 9.44. The summed E-state index contributed by atoms with van der Waals surface area (Å²) >= 11 is 0. The Kier molecular flexibility index (Phi) is 7.44. The Bertz CT molecular complexity index is 1170. The number of rotatable bonds is 7. The fraction of sp³-hybridized carbons (Fsp3) is 1.00. The summed E-state index contributed by atoms with van der Waals surface area (Å²) in [6.45, 7) is 6.32. The molecule has 0 radical (unpaired) electrons. The van der Waals surface area contributed by atoms with Gasteiger partial charge >= 0.3 is 31.2 Å². The Morgan fingerprint density at radius 2 is 1.22 bits per heavy atom. The highest BCUT2D eigenvalue weighted by Gasteiger charge is 2.64. The molecule has 0 spiro atoms. The van der Waals surface area contributed by atoms with E-state index in [1.165, 1.54) is 0 Å². The van der Waals surface area contributed by atoms with E-state index in [1.54, 1.807) is 0 Å². The molecule has 4 rings (SSSR count). The molecule has 0 aromatic rings. The molecule has 0 saturated heterocycles. The molecule has 4 aliphatic carbocycles. The maximum absolute atomic E-state index is 11.8. The molecule has 12 nitrogen and oxygen atoms in total. The lowest BCUT2D eigenvalue weighted by Gasteiger charge is -2.63. The number of fused-ring (bicyclic) bond motifs is 5. The predicted octanol–water partition coefficient (Wildman–Crippen LogP) is 2.84. The van der Waals surface area contributed by atoms with Gasteiger partial charge < -0.3 is 0 Å². The average molecular weight is 577 g/mol. The highest BCUT2D eigenvalue weighted by molar-refractivity contribution is 7.81. The molecule has 36 heavy (non-hydrogen) atoms. The van der Waals surface area contributed by atoms with Gasteiger partial charge in [0.05, 0.1) is 6.10 Å². The first-order valence-corrected chi connectivity index (χ1v) is 16.4. The van der Waals surface area contributed by atoms with E-state index in [0.29, 0.717) is 12.3 Å². The van der Waals surface area contributed by atoms with Gasteiger partial charge in [-0.2, -0.15) is 25.3 Å². The lowest BCUT2D eigenvalue weighted by molar-refractivity contribution is -0.182. The zero-order valence-electron chi connectivity index (χ0n) is 20.5. The molecule has 0 aromatic heterocycles. The molecule has 0 aliphatic heterocycles. The molecule has 10 atom stereocenters. The van der Waals surface area contributed by atoms with Gasteiger partial charge in [0.1, 0.15) is 12.2 Å². The Labute approximate surface area is 213 Å². The second-order valence-electron chi connectivity index (χ2n) is 11.6. The van der Waals surface area contributed by atoms with Crippen molar-refractivity contribution in [2.24, 2.45) is 40.4 Å². The van der Waals surface area contributed by atoms with E-state index in [9.17, 15) is 38.9 Å². The summed E-state index contributed by atoms with van der Waals surface area (Å²) in [6, 6.07) is 0. The van der Waals surface area contributed by atoms with Crippen LogP contribution in [0.2, 0.25) is 0 Å². The van der Waals surface area contributed by atoms with Gasteiger partial charge in [0, 0.05) is 0 Å². The van der Waals surface area contributed by atoms with Crippen molar-refractivity contribution in [3.8, 4) is 0 Å². The van der Waals surface area contributed by atoms with Crippen molar-refractivity contribution in [2.75, 3.05) is 0 Å². The second-order valence-corrected chi connectivity index (χ2v) is 14.7. The quantitative estimate of drug-likeness (QED) is 0.376. The summed E-state index contributed by atoms with van der Waals surface area (Å²) in [5.41, 5.74) is -0.726. The van der Waals surface area contributed by atoms with Crippen molar-refractivity contribution < 1.29 is 51.5 Å². The second kappa shape index (κ2) is 9.37. The maximum Gasteiger partial charge on any atom is 0.397 e. The Balaban J connectivity index is 1.76. The van der Waals surface area contributed by atoms with E-state index in [0.717, 1.165) is 32.1 Å². The van der Waals surface area contributed by atoms with Crippen LogP contribution in [0.25, 0.3) is 0 Å². The normalized spacial score (nSPS) is 45.5. The highest BCUT2D eigenvalue weighted by atomic mass is 32.3. The molecule has 0 unspecified atom stereocenters. The highest BCUT2D eigenvalue weighted by Crippen LogP contribution is 2.68. The number of hydrogen-bond donors (Lipinski definition) is 3. The summed E-state index contributed by atoms with van der Waals surface area (Å²) < 4.78 is 113. The average Bonchev–Trinajstić information content (AvgIpc) is 3.02. The molecule has 4 saturated carbocycles. The van der Waals surface area contributed by atoms with Crippen LogP contribution in [0.5, 0.6) is 0 Å². The number of hydrogen-bond acceptors (Lipinski definition) is 9. The first-order valence-electron chi connectivity index (χ1n) is 12.3. The zero-order valence-corrected chi connectivity index (χ0v) is 23.0. The van der Waals surface area contributed by atoms with Crippen LogP contribution >= 0.6 is 0 Å². The van der Waals surface area contributed by atoms with Gasteiger partial charge in [-0.3, -0.25) is 13.7 Å². The molecule has 210 valence electrons. The van der Waals surface area contributed by atoms with E-state index in [2.05, 4.69) is 13.8 Å². The molecule has 0 aromatic carbocycles. The third kappa shape index (κ3) is 5.50. The molecule has 4 aliphatic rings. The van der Waals surface area contributed by atoms with Gasteiger partial charge in [-0.1, -0.05) is 27.2 Å². The molecule has 3 N–H and O–H groups in total. The minimum absolute atomic E-state index is 0.0107. The molecule has 0 heterocycles. The van der Waals surface area contributed by atoms with E-state index < -0.39 is 60.8 Å². The first kappa shape index (κ1) is 28.6. The maximum atomic E-state index is 11.8. The summed E-state index contributed by atoms with van der Waals surface area (Å²) in [5, 5.41) is 0. The molecular weight excluding hydrogens is 540 g/mol. The SMILES string of the molecule is CC[C@H]1CC[C@H]2[C@@H]3C[C@H](OS(=O)(=O)O)[C@H]4C[C@H](OS(=O)(=O)O)[C@@H](OS(=O)(=O)O)C[C@]4(C)[C@H]3CC[C@]12C. The van der Waals surface area contributed by atoms with Gasteiger partial charge in [-0.05, 0) is 85.4 Å². The largest absolute Gasteiger partial charge is 0.397 e. The van der Waals surface area contributed by atoms with Crippen LogP contribution in [-0.4, -0.2) is 57.2 Å². The van der Waals surface area contributed by atoms with Crippen LogP contribution in [0, 0.1) is 40.4 Å². The van der Waals surface area contributed by atoms with Crippen molar-refractivity contribution in [1.82, 2.24) is 0 Å². The van der Waals surface area contributed by atoms with Crippen LogP contribution < -0.4 is 0 Å². The van der Waals surface area contributed by atoms with Crippen LogP contribution in [0.3, 0.4) is 0 Å². The fourth-order valence-corrected chi connectivity index (χ4v) is 10.4. The third-order valence-corrected chi connectivity index (χ3v) is 11.5. The van der Waals surface area contributed by atoms with E-state index >= 15 is 0 Å². The standard InChI is InChI=1S/C21H36O12S3/c1-4-12-5-6-14-13-9-17(31-34(22,23)24)16-10-18(32-35(25,26)27)19(33-36(28,29)30)11-21(16,3)15(13)7-8-20(12,14)2/h12-19H,4-11H2,1-3H3,(H,22,23,24)(H,25,26,27)(H,28,29,30)/t12-,13-,14-,15-,16+,17-,18-,19-,20+,21+/m0/s1. The van der Waals surface area contributed by atoms with Gasteiger partial charge in [0.15, 0.2) is 0 Å². The monoisotopic (exact) mass is 576 g/mol. The van der Waals surface area contributed by atoms with Gasteiger partial charge in [0.25, 0.3) is 0 Å². The summed E-state index contributed by atoms with van der Waals surface area (Å²) in [4.78, 5) is 0. The van der Waals surface area contributed by atoms with Crippen molar-refractivity contribution in [2.45, 2.75) is 90.4 Å². The van der Waals surface area contributed by atoms with Crippen molar-refractivity contribution in [1.29, 1.82) is 0 Å². The zero-order chi connectivity index (χ0) is 26.9. The summed E-state index contributed by atoms with van der Waals surface area (Å²) in [6.07, 6.45) is 0.789. The minimum Gasteiger partial charge on any atom is -0.264 e. The molecule has 15 heteroatoms. The summed E-state index contributed by atoms with van der Waals surface area (Å²) in [5.74, 6) is 0.181. The first-order chi connectivity index (χ1) is 16.4. The molecule has 0 amide bonds. The Morgan fingerprint density at radius 3 is 1.78 bits per heavy atom. The predicted molar refractivity (Wildman–Crippen MR) is 126 cm³/mol. The van der Waals surface area contributed by atoms with E-state index in [1.807, 2.05) is 6.92 Å². The van der Waals surface area contributed by atoms with Crippen molar-refractivity contribution in [3.05, 3.63) is 0 Å². The topological polar surface area (TPSA) is 191 Å². The fourth-order valence-electron chi connectivity index (χ4n) is 8.81. The Hall–Kier alpha value is -0.390. The van der Waals surface area contributed by atoms with E-state index in [4.69, 9.17) is 12.5 Å². The minimum atomic E-state index is -5.04. The van der Waals surface area contributed by atoms with Gasteiger partial charge in [-0.15, -0.1) is 0 Å². The van der Waals surface area contributed by atoms with Crippen LogP contribution in [-0.2, 0) is 43.7 Å². The van der Waals surface area contributed by atoms with Crippen molar-refractivity contribution >= 4 is 31.2 Å². The van der Waals surface area contributed by atoms with Crippen LogP contribution in [0.1, 0.15) is 72.1 Å². The smallest absolute Gasteiger partial charge is 0.264 e. The third-order valence-electron chi connectivity index (χ3n) is 10.1.